The van der Waals surface area contributed by atoms with E-state index in [0.717, 1.165) is 39.5 Å². The molecule has 0 bridgehead atoms. The fourth-order valence-corrected chi connectivity index (χ4v) is 0.433. The Balaban J connectivity index is -0.000000000732. The summed E-state index contributed by atoms with van der Waals surface area (Å²) in [4.78, 5) is 25.6. The number of phosphoric acid groups is 1. The van der Waals surface area contributed by atoms with Gasteiger partial charge in [-0.25, -0.2) is 0 Å². The predicted octanol–water partition coefficient (Wildman–Crippen LogP) is -13.0. The Morgan fingerprint density at radius 1 is 0.254 bits per heavy atom. The summed E-state index contributed by atoms with van der Waals surface area (Å²) in [5.41, 5.74) is 10.7. The molecule has 0 aliphatic rings. The quantitative estimate of drug-likeness (QED) is 0.170. The van der Waals surface area contributed by atoms with Crippen molar-refractivity contribution in [3.8, 4) is 0 Å². The topological polar surface area (TPSA) is 1320 Å². The largest absolute Gasteiger partial charge is 2.00 e. The van der Waals surface area contributed by atoms with Crippen molar-refractivity contribution in [1.29, 1.82) is 0 Å². The number of rotatable bonds is 6. The molecule has 49 nitrogen and oxygen atoms in total. The molecule has 0 radical (unpaired) electrons. The van der Waals surface area contributed by atoms with E-state index >= 15 is 0 Å². The number of hydrogen-bond acceptors (Lipinski definition) is 7. The van der Waals surface area contributed by atoms with Crippen LogP contribution in [0.4, 0.5) is 0 Å². The van der Waals surface area contributed by atoms with Crippen LogP contribution in [-0.4, -0.2) is 77.2 Å². The first-order chi connectivity index (χ1) is 9.24. The van der Waals surface area contributed by atoms with Crippen molar-refractivity contribution < 1.29 is 517 Å². The van der Waals surface area contributed by atoms with Gasteiger partial charge in [0.25, 0.3) is 0 Å². The van der Waals surface area contributed by atoms with Gasteiger partial charge in [-0.1, -0.05) is 0 Å². The van der Waals surface area contributed by atoms with Gasteiger partial charge in [0, 0.05) is 274 Å². The van der Waals surface area contributed by atoms with Gasteiger partial charge < -0.3 is 264 Å². The molecule has 0 saturated heterocycles. The summed E-state index contributed by atoms with van der Waals surface area (Å²) in [5.74, 6) is 0. The van der Waals surface area contributed by atoms with E-state index in [0.29, 0.717) is 0 Å². The number of methoxy groups -OCH3 is 3. The minimum absolute atomic E-state index is 0. The van der Waals surface area contributed by atoms with Crippen molar-refractivity contribution in [2.45, 2.75) is 0 Å². The maximum absolute atomic E-state index is 8.55. The summed E-state index contributed by atoms with van der Waals surface area (Å²) in [6, 6.07) is 0. The summed E-state index contributed by atoms with van der Waals surface area (Å²) < 4.78 is 22.4. The Hall–Kier alpha value is 6.57. The van der Waals surface area contributed by atoms with Crippen molar-refractivity contribution in [3.63, 3.8) is 0 Å². The Labute approximate surface area is 578 Å². The second-order valence-electron chi connectivity index (χ2n) is 2.99. The van der Waals surface area contributed by atoms with E-state index in [1.165, 1.54) is 0 Å². The van der Waals surface area contributed by atoms with Crippen molar-refractivity contribution in [3.05, 3.63) is 0 Å². The van der Waals surface area contributed by atoms with Gasteiger partial charge >= 0.3 is 0 Å². The van der Waals surface area contributed by atoms with Crippen molar-refractivity contribution in [2.24, 2.45) is 0 Å². The van der Waals surface area contributed by atoms with Crippen LogP contribution in [0.3, 0.4) is 0 Å². The second-order valence-corrected chi connectivity index (χ2v) is 3.88. The fourth-order valence-electron chi connectivity index (χ4n) is 0.433. The average molecular weight is 2100 g/mol. The molecule has 0 heterocycles. The van der Waals surface area contributed by atoms with Crippen LogP contribution >= 0.6 is 7.82 Å². The molecule has 0 aromatic carbocycles. The van der Waals surface area contributed by atoms with Crippen LogP contribution in [0.5, 0.6) is 0 Å². The molecular formula is C9H36Mo12N3O46P-72. The minimum atomic E-state index is -5.39. The van der Waals surface area contributed by atoms with Crippen LogP contribution in [-0.2, 0) is 469 Å². The first-order valence-corrected chi connectivity index (χ1v) is 7.28. The molecule has 15 N–H and O–H groups in total. The molecule has 0 aromatic rings. The van der Waals surface area contributed by atoms with Gasteiger partial charge in [0.05, 0.1) is 39.5 Å². The molecule has 0 atom stereocenters. The number of ether oxygens (including phenoxy) is 3. The van der Waals surface area contributed by atoms with E-state index in [1.807, 2.05) is 0 Å². The third-order valence-corrected chi connectivity index (χ3v) is 1.05. The average Bonchev–Trinajstić information content (AvgIpc) is 2.31. The third kappa shape index (κ3) is 2690. The minimum Gasteiger partial charge on any atom is -2.00 e. The maximum atomic E-state index is 8.55. The summed E-state index contributed by atoms with van der Waals surface area (Å²) in [6.07, 6.45) is 0. The molecule has 0 aromatic heterocycles. The standard InChI is InChI=1S/3C3H9NO.12Mo.H3O4P.3H2O.36O/c3*1-5-3-2-4;;;;;;;;;;;;;1-5(2,3)4;;;;;;;;;;;;;;;;;;;;;;;;;;;;;;;;;;;;;;;/h3*2-4H2,1H3;;;;;;;;;;;;;(H3,1,2,3,4);3*1H2;;;;;;;;;;;;;;;;;;;;;;;;;;;;;;;;;;;;/q;;;;;;;;;;;;;;;;;;;36*-2. The van der Waals surface area contributed by atoms with Crippen molar-refractivity contribution in [1.82, 2.24) is 0 Å². The molecule has 71 heavy (non-hydrogen) atoms. The van der Waals surface area contributed by atoms with E-state index in [1.54, 1.807) is 21.3 Å². The van der Waals surface area contributed by atoms with Gasteiger partial charge in [0.2, 0.25) is 0 Å². The molecule has 0 saturated carbocycles. The number of hydrogen-bond donors (Lipinski definition) is 3. The second kappa shape index (κ2) is 940. The van der Waals surface area contributed by atoms with Gasteiger partial charge in [-0.2, -0.15) is 7.82 Å². The molecule has 0 unspecified atom stereocenters. The zero-order valence-corrected chi connectivity index (χ0v) is 58.7. The van der Waals surface area contributed by atoms with Crippen LogP contribution in [0.2, 0.25) is 0 Å². The van der Waals surface area contributed by atoms with Crippen LogP contribution in [0.25, 0.3) is 0 Å². The SMILES string of the molecule is COCC[NH3+].COCC[NH3+].COCC[NH3+].O.O.O.O=P([O-])([O-])[O-].[Mo].[Mo].[Mo].[Mo].[Mo].[Mo].[Mo].[Mo].[Mo].[Mo].[Mo].[Mo].[O-2].[O-2].[O-2].[O-2].[O-2].[O-2].[O-2].[O-2].[O-2].[O-2].[O-2].[O-2].[O-2].[O-2].[O-2].[O-2].[O-2].[O-2].[O-2].[O-2].[O-2].[O-2].[O-2].[O-2].[O-2].[O-2].[O-2].[O-2].[O-2].[O-2].[O-2].[O-2].[O-2].[O-2].[O-2].[O-2]. The third-order valence-electron chi connectivity index (χ3n) is 1.05. The summed E-state index contributed by atoms with van der Waals surface area (Å²) >= 11 is 0. The molecule has 512 valence electrons. The van der Waals surface area contributed by atoms with Crippen LogP contribution in [0.1, 0.15) is 0 Å². The normalized spacial score (nSPS) is 2.61. The zero-order valence-electron chi connectivity index (χ0n) is 33.8. The van der Waals surface area contributed by atoms with Crippen molar-refractivity contribution in [2.75, 3.05) is 60.8 Å². The zero-order chi connectivity index (χ0) is 16.9. The van der Waals surface area contributed by atoms with Crippen LogP contribution in [0, 0.1) is 0 Å². The maximum Gasteiger partial charge on any atom is 0.0977 e. The number of quaternary nitrogens is 3. The predicted molar refractivity (Wildman–Crippen MR) is 102 cm³/mol. The van der Waals surface area contributed by atoms with Gasteiger partial charge in [-0.3, -0.25) is 0 Å². The van der Waals surface area contributed by atoms with Gasteiger partial charge in [0.1, 0.15) is 0 Å². The molecular weight excluding hydrogens is 2070 g/mol. The van der Waals surface area contributed by atoms with E-state index in [-0.39, 0.29) is 466 Å². The van der Waals surface area contributed by atoms with Gasteiger partial charge in [0.15, 0.2) is 0 Å². The molecule has 0 aliphatic carbocycles. The molecule has 0 spiro atoms. The van der Waals surface area contributed by atoms with Gasteiger partial charge in [-0.05, 0) is 0 Å². The van der Waals surface area contributed by atoms with Crippen LogP contribution in [0.15, 0.2) is 0 Å². The monoisotopic (exact) mass is 2130 g/mol. The molecule has 0 amide bonds. The summed E-state index contributed by atoms with van der Waals surface area (Å²) in [6.45, 7) is 4.95. The van der Waals surface area contributed by atoms with E-state index in [2.05, 4.69) is 31.4 Å². The fraction of sp³-hybridized carbons (Fsp3) is 1.00. The molecule has 0 fully saturated rings. The molecule has 0 aliphatic heterocycles. The smallest absolute Gasteiger partial charge is 0.0977 e. The first kappa shape index (κ1) is 893. The van der Waals surface area contributed by atoms with Gasteiger partial charge in [-0.15, -0.1) is 0 Å². The Morgan fingerprint density at radius 2 is 0.296 bits per heavy atom. The Morgan fingerprint density at radius 3 is 0.296 bits per heavy atom. The summed E-state index contributed by atoms with van der Waals surface area (Å²) in [5, 5.41) is 0. The Kier molecular flexibility index (Phi) is 11800. The Bertz CT molecular complexity index is 227. The molecule has 62 heteroatoms. The van der Waals surface area contributed by atoms with E-state index < -0.39 is 7.82 Å². The van der Waals surface area contributed by atoms with E-state index in [9.17, 15) is 0 Å². The first-order valence-electron chi connectivity index (χ1n) is 5.82. The van der Waals surface area contributed by atoms with Crippen LogP contribution < -0.4 is 31.9 Å². The van der Waals surface area contributed by atoms with E-state index in [4.69, 9.17) is 19.2 Å². The van der Waals surface area contributed by atoms with Crippen molar-refractivity contribution >= 4 is 7.82 Å². The summed E-state index contributed by atoms with van der Waals surface area (Å²) in [7, 11) is -0.373. The molecule has 0 rings (SSSR count).